The van der Waals surface area contributed by atoms with Crippen LogP contribution < -0.4 is 0 Å². The molecular weight excluding hydrogens is 178 g/mol. The van der Waals surface area contributed by atoms with Crippen LogP contribution in [0.4, 0.5) is 0 Å². The number of esters is 1. The third-order valence-corrected chi connectivity index (χ3v) is 1.67. The number of ether oxygens (including phenoxy) is 1. The first-order chi connectivity index (χ1) is 6.77. The number of rotatable bonds is 2. The SMILES string of the molecule is COC(=O)/C=C(\C#N)c1ccccc1. The summed E-state index contributed by atoms with van der Waals surface area (Å²) >= 11 is 0. The second kappa shape index (κ2) is 4.83. The number of allylic oxidation sites excluding steroid dienone is 1. The van der Waals surface area contributed by atoms with Gasteiger partial charge in [-0.05, 0) is 5.56 Å². The van der Waals surface area contributed by atoms with Crippen LogP contribution in [0.25, 0.3) is 5.57 Å². The molecule has 3 heteroatoms. The number of benzene rings is 1. The number of nitrogens with zero attached hydrogens (tertiary/aromatic N) is 1. The summed E-state index contributed by atoms with van der Waals surface area (Å²) in [7, 11) is 1.28. The highest BCUT2D eigenvalue weighted by Crippen LogP contribution is 2.12. The molecule has 0 aromatic heterocycles. The molecule has 0 saturated carbocycles. The Labute approximate surface area is 82.2 Å². The first-order valence-corrected chi connectivity index (χ1v) is 4.03. The van der Waals surface area contributed by atoms with Crippen LogP contribution >= 0.6 is 0 Å². The van der Waals surface area contributed by atoms with Gasteiger partial charge in [-0.2, -0.15) is 5.26 Å². The highest BCUT2D eigenvalue weighted by Gasteiger charge is 2.02. The van der Waals surface area contributed by atoms with Crippen molar-refractivity contribution in [2.75, 3.05) is 7.11 Å². The molecule has 0 amide bonds. The van der Waals surface area contributed by atoms with Crippen molar-refractivity contribution in [3.8, 4) is 6.07 Å². The normalized spacial score (nSPS) is 10.4. The zero-order valence-corrected chi connectivity index (χ0v) is 7.73. The lowest BCUT2D eigenvalue weighted by Crippen LogP contribution is -1.96. The average molecular weight is 187 g/mol. The molecule has 0 radical (unpaired) electrons. The van der Waals surface area contributed by atoms with E-state index in [2.05, 4.69) is 4.74 Å². The number of carbonyl (C=O) groups excluding carboxylic acids is 1. The minimum atomic E-state index is -0.523. The summed E-state index contributed by atoms with van der Waals surface area (Å²) in [6.45, 7) is 0. The second-order valence-electron chi connectivity index (χ2n) is 2.56. The molecule has 1 rings (SSSR count). The molecule has 0 N–H and O–H groups in total. The molecule has 0 bridgehead atoms. The lowest BCUT2D eigenvalue weighted by atomic mass is 10.1. The van der Waals surface area contributed by atoms with Crippen molar-refractivity contribution in [1.29, 1.82) is 5.26 Å². The lowest BCUT2D eigenvalue weighted by Gasteiger charge is -1.97. The van der Waals surface area contributed by atoms with Gasteiger partial charge in [0.25, 0.3) is 0 Å². The van der Waals surface area contributed by atoms with Gasteiger partial charge in [-0.1, -0.05) is 30.3 Å². The van der Waals surface area contributed by atoms with Gasteiger partial charge in [0.2, 0.25) is 0 Å². The summed E-state index contributed by atoms with van der Waals surface area (Å²) in [5, 5.41) is 8.80. The Morgan fingerprint density at radius 2 is 2.07 bits per heavy atom. The lowest BCUT2D eigenvalue weighted by molar-refractivity contribution is -0.134. The molecule has 0 aliphatic carbocycles. The molecule has 0 aliphatic rings. The second-order valence-corrected chi connectivity index (χ2v) is 2.56. The minimum Gasteiger partial charge on any atom is -0.466 e. The van der Waals surface area contributed by atoms with Gasteiger partial charge < -0.3 is 4.74 Å². The van der Waals surface area contributed by atoms with Crippen molar-refractivity contribution in [2.45, 2.75) is 0 Å². The van der Waals surface area contributed by atoms with Gasteiger partial charge in [0, 0.05) is 6.08 Å². The molecule has 0 spiro atoms. The van der Waals surface area contributed by atoms with Gasteiger partial charge in [0.1, 0.15) is 6.07 Å². The van der Waals surface area contributed by atoms with Crippen molar-refractivity contribution in [1.82, 2.24) is 0 Å². The van der Waals surface area contributed by atoms with Crippen molar-refractivity contribution >= 4 is 11.5 Å². The Morgan fingerprint density at radius 1 is 1.43 bits per heavy atom. The molecule has 14 heavy (non-hydrogen) atoms. The van der Waals surface area contributed by atoms with Crippen LogP contribution in [0, 0.1) is 11.3 Å². The maximum Gasteiger partial charge on any atom is 0.331 e. The van der Waals surface area contributed by atoms with E-state index in [1.807, 2.05) is 12.1 Å². The fourth-order valence-corrected chi connectivity index (χ4v) is 0.975. The van der Waals surface area contributed by atoms with Crippen molar-refractivity contribution < 1.29 is 9.53 Å². The highest BCUT2D eigenvalue weighted by atomic mass is 16.5. The standard InChI is InChI=1S/C11H9NO2/c1-14-11(13)7-10(8-12)9-5-3-2-4-6-9/h2-7H,1H3/b10-7+. The fourth-order valence-electron chi connectivity index (χ4n) is 0.975. The van der Waals surface area contributed by atoms with Crippen LogP contribution in [0.1, 0.15) is 5.56 Å². The number of hydrogen-bond acceptors (Lipinski definition) is 3. The maximum absolute atomic E-state index is 10.9. The summed E-state index contributed by atoms with van der Waals surface area (Å²) in [5.41, 5.74) is 1.01. The van der Waals surface area contributed by atoms with Crippen molar-refractivity contribution in [3.63, 3.8) is 0 Å². The van der Waals surface area contributed by atoms with Crippen molar-refractivity contribution in [2.24, 2.45) is 0 Å². The van der Waals surface area contributed by atoms with Crippen LogP contribution in [0.5, 0.6) is 0 Å². The molecule has 1 aromatic carbocycles. The number of hydrogen-bond donors (Lipinski definition) is 0. The number of nitriles is 1. The van der Waals surface area contributed by atoms with E-state index in [0.717, 1.165) is 0 Å². The predicted octanol–water partition coefficient (Wildman–Crippen LogP) is 1.77. The highest BCUT2D eigenvalue weighted by molar-refractivity contribution is 5.95. The van der Waals surface area contributed by atoms with E-state index >= 15 is 0 Å². The van der Waals surface area contributed by atoms with Crippen LogP contribution in [0.3, 0.4) is 0 Å². The van der Waals surface area contributed by atoms with E-state index in [9.17, 15) is 4.79 Å². The van der Waals surface area contributed by atoms with Crippen LogP contribution in [0.2, 0.25) is 0 Å². The predicted molar refractivity (Wildman–Crippen MR) is 52.0 cm³/mol. The summed E-state index contributed by atoms with van der Waals surface area (Å²) in [6.07, 6.45) is 1.18. The van der Waals surface area contributed by atoms with Gasteiger partial charge >= 0.3 is 5.97 Å². The van der Waals surface area contributed by atoms with E-state index < -0.39 is 5.97 Å². The minimum absolute atomic E-state index is 0.303. The first-order valence-electron chi connectivity index (χ1n) is 4.03. The zero-order valence-electron chi connectivity index (χ0n) is 7.73. The Morgan fingerprint density at radius 3 is 2.57 bits per heavy atom. The Hall–Kier alpha value is -2.08. The summed E-state index contributed by atoms with van der Waals surface area (Å²) in [5.74, 6) is -0.523. The van der Waals surface area contributed by atoms with Gasteiger partial charge in [0.15, 0.2) is 0 Å². The largest absolute Gasteiger partial charge is 0.466 e. The zero-order chi connectivity index (χ0) is 10.4. The Bertz CT molecular complexity index is 387. The third-order valence-electron chi connectivity index (χ3n) is 1.67. The molecule has 0 atom stereocenters. The summed E-state index contributed by atoms with van der Waals surface area (Å²) in [6, 6.07) is 10.9. The van der Waals surface area contributed by atoms with E-state index in [1.165, 1.54) is 13.2 Å². The van der Waals surface area contributed by atoms with Gasteiger partial charge in [0.05, 0.1) is 12.7 Å². The molecule has 0 fully saturated rings. The molecule has 0 heterocycles. The van der Waals surface area contributed by atoms with E-state index in [0.29, 0.717) is 11.1 Å². The molecule has 0 unspecified atom stereocenters. The molecular formula is C11H9NO2. The average Bonchev–Trinajstić information content (AvgIpc) is 2.26. The summed E-state index contributed by atoms with van der Waals surface area (Å²) < 4.78 is 4.44. The summed E-state index contributed by atoms with van der Waals surface area (Å²) in [4.78, 5) is 10.9. The van der Waals surface area contributed by atoms with E-state index in [4.69, 9.17) is 5.26 Å². The smallest absolute Gasteiger partial charge is 0.331 e. The van der Waals surface area contributed by atoms with Crippen LogP contribution in [0.15, 0.2) is 36.4 Å². The van der Waals surface area contributed by atoms with E-state index in [1.54, 1.807) is 24.3 Å². The maximum atomic E-state index is 10.9. The number of methoxy groups -OCH3 is 1. The Kier molecular flexibility index (Phi) is 3.45. The van der Waals surface area contributed by atoms with Crippen LogP contribution in [-0.4, -0.2) is 13.1 Å². The monoisotopic (exact) mass is 187 g/mol. The van der Waals surface area contributed by atoms with Crippen LogP contribution in [-0.2, 0) is 9.53 Å². The van der Waals surface area contributed by atoms with E-state index in [-0.39, 0.29) is 0 Å². The van der Waals surface area contributed by atoms with Crippen molar-refractivity contribution in [3.05, 3.63) is 42.0 Å². The Balaban J connectivity index is 3.01. The third kappa shape index (κ3) is 2.46. The number of carbonyl (C=O) groups is 1. The fraction of sp³-hybridized carbons (Fsp3) is 0.0909. The molecule has 1 aromatic rings. The first kappa shape index (κ1) is 10.0. The van der Waals surface area contributed by atoms with Gasteiger partial charge in [-0.3, -0.25) is 0 Å². The molecule has 3 nitrogen and oxygen atoms in total. The molecule has 0 aliphatic heterocycles. The topological polar surface area (TPSA) is 50.1 Å². The molecule has 0 saturated heterocycles. The van der Waals surface area contributed by atoms with Gasteiger partial charge in [-0.15, -0.1) is 0 Å². The van der Waals surface area contributed by atoms with Gasteiger partial charge in [-0.25, -0.2) is 4.79 Å². The quantitative estimate of drug-likeness (QED) is 0.402. The molecule has 70 valence electrons.